The third-order valence-electron chi connectivity index (χ3n) is 5.10. The van der Waals surface area contributed by atoms with Gasteiger partial charge in [0.1, 0.15) is 0 Å². The highest BCUT2D eigenvalue weighted by Gasteiger charge is 2.30. The first-order valence-corrected chi connectivity index (χ1v) is 8.51. The highest BCUT2D eigenvalue weighted by atomic mass is 35.5. The summed E-state index contributed by atoms with van der Waals surface area (Å²) in [7, 11) is 0. The minimum absolute atomic E-state index is 0. The summed E-state index contributed by atoms with van der Waals surface area (Å²) < 4.78 is 2.18. The van der Waals surface area contributed by atoms with Gasteiger partial charge in [0.05, 0.1) is 11.1 Å². The Labute approximate surface area is 157 Å². The van der Waals surface area contributed by atoms with Crippen molar-refractivity contribution in [3.05, 3.63) is 58.9 Å². The maximum absolute atomic E-state index is 12.8. The van der Waals surface area contributed by atoms with Crippen LogP contribution in [0.3, 0.4) is 0 Å². The first-order chi connectivity index (χ1) is 11.3. The van der Waals surface area contributed by atoms with Gasteiger partial charge < -0.3 is 15.6 Å². The lowest BCUT2D eigenvalue weighted by Gasteiger charge is -2.33. The summed E-state index contributed by atoms with van der Waals surface area (Å²) in [6.07, 6.45) is 0. The van der Waals surface area contributed by atoms with Gasteiger partial charge in [-0.3, -0.25) is 4.79 Å². The molecule has 1 heterocycles. The van der Waals surface area contributed by atoms with E-state index in [1.54, 1.807) is 0 Å². The van der Waals surface area contributed by atoms with Crippen molar-refractivity contribution in [2.24, 2.45) is 11.7 Å². The maximum atomic E-state index is 12.8. The number of aryl methyl sites for hydroxylation is 1. The smallest absolute Gasteiger partial charge is 0.253 e. The van der Waals surface area contributed by atoms with Crippen LogP contribution in [0.25, 0.3) is 0 Å². The van der Waals surface area contributed by atoms with Crippen LogP contribution in [-0.2, 0) is 6.54 Å². The van der Waals surface area contributed by atoms with Gasteiger partial charge in [0, 0.05) is 24.5 Å². The predicted molar refractivity (Wildman–Crippen MR) is 106 cm³/mol. The molecule has 0 saturated heterocycles. The molecule has 138 valence electrons. The highest BCUT2D eigenvalue weighted by Crippen LogP contribution is 2.20. The molecule has 0 spiro atoms. The van der Waals surface area contributed by atoms with Gasteiger partial charge in [0.25, 0.3) is 5.91 Å². The SMILES string of the molecule is Cc1cc(C(=O)NC(C)(CN)C(C)C)c(C)n1Cc1ccccc1.Cl. The molecule has 1 amide bonds. The van der Waals surface area contributed by atoms with Gasteiger partial charge in [0.2, 0.25) is 0 Å². The molecule has 0 radical (unpaired) electrons. The molecular formula is C20H30ClN3O. The number of carbonyl (C=O) groups is 1. The van der Waals surface area contributed by atoms with Gasteiger partial charge in [-0.25, -0.2) is 0 Å². The molecule has 0 aliphatic heterocycles. The van der Waals surface area contributed by atoms with Gasteiger partial charge in [-0.1, -0.05) is 44.2 Å². The van der Waals surface area contributed by atoms with Crippen molar-refractivity contribution in [3.8, 4) is 0 Å². The monoisotopic (exact) mass is 363 g/mol. The Morgan fingerprint density at radius 2 is 1.84 bits per heavy atom. The lowest BCUT2D eigenvalue weighted by atomic mass is 9.88. The Balaban J connectivity index is 0.00000312. The van der Waals surface area contributed by atoms with Crippen LogP contribution in [0, 0.1) is 19.8 Å². The van der Waals surface area contributed by atoms with E-state index in [1.807, 2.05) is 45.0 Å². The summed E-state index contributed by atoms with van der Waals surface area (Å²) in [5.41, 5.74) is 9.50. The fourth-order valence-corrected chi connectivity index (χ4v) is 2.80. The van der Waals surface area contributed by atoms with Crippen molar-refractivity contribution >= 4 is 18.3 Å². The topological polar surface area (TPSA) is 60.1 Å². The molecule has 0 saturated carbocycles. The second-order valence-corrected chi connectivity index (χ2v) is 7.09. The molecular weight excluding hydrogens is 334 g/mol. The minimum atomic E-state index is -0.404. The average Bonchev–Trinajstić information content (AvgIpc) is 2.83. The van der Waals surface area contributed by atoms with E-state index >= 15 is 0 Å². The summed E-state index contributed by atoms with van der Waals surface area (Å²) in [5, 5.41) is 3.13. The zero-order chi connectivity index (χ0) is 17.9. The van der Waals surface area contributed by atoms with Crippen LogP contribution in [0.4, 0.5) is 0 Å². The van der Waals surface area contributed by atoms with E-state index < -0.39 is 5.54 Å². The number of halogens is 1. The van der Waals surface area contributed by atoms with E-state index in [9.17, 15) is 4.79 Å². The number of hydrogen-bond donors (Lipinski definition) is 2. The van der Waals surface area contributed by atoms with Gasteiger partial charge in [-0.05, 0) is 38.3 Å². The van der Waals surface area contributed by atoms with Gasteiger partial charge in [-0.2, -0.15) is 0 Å². The lowest BCUT2D eigenvalue weighted by Crippen LogP contribution is -2.55. The first kappa shape index (κ1) is 21.3. The number of carbonyl (C=O) groups excluding carboxylic acids is 1. The summed E-state index contributed by atoms with van der Waals surface area (Å²) in [6, 6.07) is 12.2. The van der Waals surface area contributed by atoms with Crippen LogP contribution in [0.2, 0.25) is 0 Å². The number of aromatic nitrogens is 1. The lowest BCUT2D eigenvalue weighted by molar-refractivity contribution is 0.0882. The van der Waals surface area contributed by atoms with Crippen molar-refractivity contribution < 1.29 is 4.79 Å². The van der Waals surface area contributed by atoms with Crippen molar-refractivity contribution in [1.29, 1.82) is 0 Å². The second-order valence-electron chi connectivity index (χ2n) is 7.09. The summed E-state index contributed by atoms with van der Waals surface area (Å²) in [5.74, 6) is 0.211. The number of nitrogens with zero attached hydrogens (tertiary/aromatic N) is 1. The Morgan fingerprint density at radius 1 is 1.24 bits per heavy atom. The quantitative estimate of drug-likeness (QED) is 0.822. The number of nitrogens with two attached hydrogens (primary N) is 1. The van der Waals surface area contributed by atoms with E-state index in [2.05, 4.69) is 35.9 Å². The molecule has 0 bridgehead atoms. The maximum Gasteiger partial charge on any atom is 0.253 e. The van der Waals surface area contributed by atoms with Gasteiger partial charge in [-0.15, -0.1) is 12.4 Å². The Bertz CT molecular complexity index is 709. The van der Waals surface area contributed by atoms with Crippen molar-refractivity contribution in [2.75, 3.05) is 6.54 Å². The number of rotatable bonds is 6. The zero-order valence-electron chi connectivity index (χ0n) is 15.8. The van der Waals surface area contributed by atoms with Crippen LogP contribution in [-0.4, -0.2) is 22.6 Å². The number of benzene rings is 1. The Morgan fingerprint density at radius 3 is 2.36 bits per heavy atom. The van der Waals surface area contributed by atoms with Crippen LogP contribution in [0.1, 0.15) is 48.1 Å². The molecule has 0 aliphatic rings. The van der Waals surface area contributed by atoms with E-state index in [0.717, 1.165) is 23.5 Å². The molecule has 4 nitrogen and oxygen atoms in total. The third kappa shape index (κ3) is 4.65. The minimum Gasteiger partial charge on any atom is -0.345 e. The first-order valence-electron chi connectivity index (χ1n) is 8.51. The fraction of sp³-hybridized carbons (Fsp3) is 0.450. The normalized spacial score (nSPS) is 13.2. The summed E-state index contributed by atoms with van der Waals surface area (Å²) in [6.45, 7) is 11.4. The molecule has 1 atom stereocenters. The zero-order valence-corrected chi connectivity index (χ0v) is 16.6. The summed E-state index contributed by atoms with van der Waals surface area (Å²) in [4.78, 5) is 12.8. The molecule has 2 aromatic rings. The molecule has 1 aromatic carbocycles. The van der Waals surface area contributed by atoms with Crippen molar-refractivity contribution in [3.63, 3.8) is 0 Å². The number of hydrogen-bond acceptors (Lipinski definition) is 2. The van der Waals surface area contributed by atoms with Crippen molar-refractivity contribution in [2.45, 2.75) is 46.7 Å². The van der Waals surface area contributed by atoms with E-state index in [1.165, 1.54) is 5.56 Å². The Kier molecular flexibility index (Phi) is 7.27. The van der Waals surface area contributed by atoms with Crippen molar-refractivity contribution in [1.82, 2.24) is 9.88 Å². The van der Waals surface area contributed by atoms with E-state index in [4.69, 9.17) is 5.73 Å². The predicted octanol–water partition coefficient (Wildman–Crippen LogP) is 3.68. The molecule has 0 fully saturated rings. The average molecular weight is 364 g/mol. The molecule has 5 heteroatoms. The summed E-state index contributed by atoms with van der Waals surface area (Å²) >= 11 is 0. The van der Waals surface area contributed by atoms with Crippen LogP contribution < -0.4 is 11.1 Å². The van der Waals surface area contributed by atoms with Gasteiger partial charge >= 0.3 is 0 Å². The molecule has 25 heavy (non-hydrogen) atoms. The Hall–Kier alpha value is -1.78. The number of amides is 1. The van der Waals surface area contributed by atoms with Crippen LogP contribution >= 0.6 is 12.4 Å². The highest BCUT2D eigenvalue weighted by molar-refractivity contribution is 5.96. The molecule has 1 aromatic heterocycles. The van der Waals surface area contributed by atoms with Crippen LogP contribution in [0.5, 0.6) is 0 Å². The largest absolute Gasteiger partial charge is 0.345 e. The standard InChI is InChI=1S/C20H29N3O.ClH/c1-14(2)20(5,13-21)22-19(24)18-11-15(3)23(16(18)4)12-17-9-7-6-8-10-17;/h6-11,14H,12-13,21H2,1-5H3,(H,22,24);1H. The molecule has 3 N–H and O–H groups in total. The third-order valence-corrected chi connectivity index (χ3v) is 5.10. The van der Waals surface area contributed by atoms with E-state index in [-0.39, 0.29) is 24.2 Å². The van der Waals surface area contributed by atoms with Crippen LogP contribution in [0.15, 0.2) is 36.4 Å². The molecule has 1 unspecified atom stereocenters. The van der Waals surface area contributed by atoms with Gasteiger partial charge in [0.15, 0.2) is 0 Å². The molecule has 2 rings (SSSR count). The second kappa shape index (κ2) is 8.54. The molecule has 0 aliphatic carbocycles. The van der Waals surface area contributed by atoms with E-state index in [0.29, 0.717) is 6.54 Å². The fourth-order valence-electron chi connectivity index (χ4n) is 2.80. The number of nitrogens with one attached hydrogen (secondary N) is 1.